The molecule has 0 aliphatic heterocycles. The van der Waals surface area contributed by atoms with Gasteiger partial charge in [0, 0.05) is 45.2 Å². The first kappa shape index (κ1) is 20.2. The molecule has 158 valence electrons. The number of H-pyrrole nitrogens is 1. The Hall–Kier alpha value is -3.75. The quantitative estimate of drug-likeness (QED) is 0.398. The highest BCUT2D eigenvalue weighted by atomic mass is 35.5. The van der Waals surface area contributed by atoms with Crippen molar-refractivity contribution in [2.24, 2.45) is 0 Å². The van der Waals surface area contributed by atoms with Gasteiger partial charge in [0.15, 0.2) is 4.96 Å². The number of carbonyl (C=O) groups excluding carboxylic acids is 1. The highest BCUT2D eigenvalue weighted by Crippen LogP contribution is 2.25. The fourth-order valence-corrected chi connectivity index (χ4v) is 4.31. The van der Waals surface area contributed by atoms with Gasteiger partial charge in [0.25, 0.3) is 5.56 Å². The van der Waals surface area contributed by atoms with Crippen LogP contribution < -0.4 is 10.9 Å². The van der Waals surface area contributed by atoms with Crippen molar-refractivity contribution in [2.75, 3.05) is 5.32 Å². The Morgan fingerprint density at radius 1 is 1.00 bits per heavy atom. The van der Waals surface area contributed by atoms with E-state index in [1.54, 1.807) is 18.2 Å². The van der Waals surface area contributed by atoms with Gasteiger partial charge in [-0.05, 0) is 30.3 Å². The molecule has 9 heteroatoms. The largest absolute Gasteiger partial charge is 0.326 e. The van der Waals surface area contributed by atoms with E-state index in [1.807, 2.05) is 52.4 Å². The van der Waals surface area contributed by atoms with E-state index < -0.39 is 0 Å². The molecule has 0 aliphatic carbocycles. The number of carbonyl (C=O) groups is 1. The van der Waals surface area contributed by atoms with Gasteiger partial charge < -0.3 is 5.32 Å². The van der Waals surface area contributed by atoms with Crippen molar-refractivity contribution >= 4 is 39.5 Å². The highest BCUT2D eigenvalue weighted by Gasteiger charge is 2.13. The number of fused-ring (bicyclic) bond motifs is 1. The molecule has 2 N–H and O–H groups in total. The van der Waals surface area contributed by atoms with Crippen LogP contribution in [0.3, 0.4) is 0 Å². The van der Waals surface area contributed by atoms with E-state index >= 15 is 0 Å². The third kappa shape index (κ3) is 4.18. The van der Waals surface area contributed by atoms with Gasteiger partial charge in [-0.1, -0.05) is 35.9 Å². The minimum Gasteiger partial charge on any atom is -0.326 e. The van der Waals surface area contributed by atoms with Crippen molar-refractivity contribution in [2.45, 2.75) is 6.42 Å². The lowest BCUT2D eigenvalue weighted by atomic mass is 10.1. The van der Waals surface area contributed by atoms with E-state index in [0.29, 0.717) is 16.4 Å². The zero-order valence-electron chi connectivity index (χ0n) is 16.6. The Kier molecular flexibility index (Phi) is 5.30. The smallest absolute Gasteiger partial charge is 0.264 e. The maximum Gasteiger partial charge on any atom is 0.264 e. The van der Waals surface area contributed by atoms with Gasteiger partial charge in [-0.2, -0.15) is 5.10 Å². The summed E-state index contributed by atoms with van der Waals surface area (Å²) in [6.45, 7) is 0. The molecule has 1 amide bonds. The first-order chi connectivity index (χ1) is 15.5. The van der Waals surface area contributed by atoms with E-state index in [9.17, 15) is 9.59 Å². The molecule has 0 unspecified atom stereocenters. The average molecular weight is 462 g/mol. The lowest BCUT2D eigenvalue weighted by Crippen LogP contribution is -2.15. The average Bonchev–Trinajstić information content (AvgIpc) is 3.37. The molecule has 0 radical (unpaired) electrons. The fraction of sp³-hybridized carbons (Fsp3) is 0.0435. The summed E-state index contributed by atoms with van der Waals surface area (Å²) in [7, 11) is 0. The summed E-state index contributed by atoms with van der Waals surface area (Å²) >= 11 is 7.46. The molecule has 7 nitrogen and oxygen atoms in total. The molecule has 0 fully saturated rings. The van der Waals surface area contributed by atoms with Crippen LogP contribution >= 0.6 is 22.9 Å². The lowest BCUT2D eigenvalue weighted by molar-refractivity contribution is -0.115. The molecule has 0 saturated carbocycles. The Bertz CT molecular complexity index is 1450. The molecular weight excluding hydrogens is 446 g/mol. The third-order valence-corrected chi connectivity index (χ3v) is 6.05. The van der Waals surface area contributed by atoms with E-state index in [1.165, 1.54) is 17.4 Å². The zero-order chi connectivity index (χ0) is 22.1. The van der Waals surface area contributed by atoms with E-state index in [4.69, 9.17) is 11.6 Å². The van der Waals surface area contributed by atoms with Crippen molar-refractivity contribution < 1.29 is 4.79 Å². The summed E-state index contributed by atoms with van der Waals surface area (Å²) in [5.41, 5.74) is 4.59. The summed E-state index contributed by atoms with van der Waals surface area (Å²) < 4.78 is 1.94. The molecule has 3 aromatic heterocycles. The summed E-state index contributed by atoms with van der Waals surface area (Å²) in [4.78, 5) is 29.3. The molecule has 0 saturated heterocycles. The number of aromatic amines is 1. The van der Waals surface area contributed by atoms with Crippen molar-refractivity contribution in [1.29, 1.82) is 0 Å². The number of anilines is 1. The second kappa shape index (κ2) is 8.41. The summed E-state index contributed by atoms with van der Waals surface area (Å²) in [6.07, 6.45) is 2.16. The topological polar surface area (TPSA) is 92.2 Å². The molecule has 3 heterocycles. The predicted octanol–water partition coefficient (Wildman–Crippen LogP) is 4.65. The van der Waals surface area contributed by atoms with Gasteiger partial charge in [0.05, 0.1) is 17.8 Å². The van der Waals surface area contributed by atoms with Gasteiger partial charge in [-0.15, -0.1) is 11.3 Å². The molecule has 5 rings (SSSR count). The minimum absolute atomic E-state index is 0.124. The SMILES string of the molecule is O=C(Cc1csc2nc(-c3ccc(Cl)cc3)cn12)Nc1ccc(-c2ccc(=O)[nH]n2)cc1. The Labute approximate surface area is 191 Å². The van der Waals surface area contributed by atoms with Crippen LogP contribution in [-0.2, 0) is 11.2 Å². The molecule has 0 aliphatic rings. The number of rotatable bonds is 5. The van der Waals surface area contributed by atoms with E-state index in [2.05, 4.69) is 20.5 Å². The van der Waals surface area contributed by atoms with Crippen molar-refractivity contribution in [3.8, 4) is 22.5 Å². The van der Waals surface area contributed by atoms with Gasteiger partial charge >= 0.3 is 0 Å². The number of hydrogen-bond acceptors (Lipinski definition) is 5. The van der Waals surface area contributed by atoms with Gasteiger partial charge in [-0.3, -0.25) is 14.0 Å². The summed E-state index contributed by atoms with van der Waals surface area (Å²) in [6, 6.07) is 17.9. The number of halogens is 1. The molecular formula is C23H16ClN5O2S. The second-order valence-corrected chi connectivity index (χ2v) is 8.39. The predicted molar refractivity (Wildman–Crippen MR) is 126 cm³/mol. The van der Waals surface area contributed by atoms with Crippen molar-refractivity contribution in [3.05, 3.63) is 93.3 Å². The molecule has 2 aromatic carbocycles. The van der Waals surface area contributed by atoms with Crippen LogP contribution in [0, 0.1) is 0 Å². The maximum atomic E-state index is 12.6. The number of amides is 1. The van der Waals surface area contributed by atoms with Crippen LogP contribution in [0.1, 0.15) is 5.69 Å². The van der Waals surface area contributed by atoms with E-state index in [0.717, 1.165) is 27.5 Å². The second-order valence-electron chi connectivity index (χ2n) is 7.12. The first-order valence-electron chi connectivity index (χ1n) is 9.72. The van der Waals surface area contributed by atoms with Gasteiger partial charge in [0.1, 0.15) is 0 Å². The standard InChI is InChI=1S/C23H16ClN5O2S/c24-16-5-1-15(2-6-16)20-12-29-18(13-32-23(29)26-20)11-22(31)25-17-7-3-14(4-8-17)19-9-10-21(30)28-27-19/h1-10,12-13H,11H2,(H,25,31)(H,28,30). The lowest BCUT2D eigenvalue weighted by Gasteiger charge is -2.06. The van der Waals surface area contributed by atoms with Crippen LogP contribution in [-0.4, -0.2) is 25.5 Å². The maximum absolute atomic E-state index is 12.6. The third-order valence-electron chi connectivity index (χ3n) is 4.91. The first-order valence-corrected chi connectivity index (χ1v) is 11.0. The summed E-state index contributed by atoms with van der Waals surface area (Å²) in [5, 5.41) is 12.0. The van der Waals surface area contributed by atoms with Crippen LogP contribution in [0.15, 0.2) is 77.0 Å². The van der Waals surface area contributed by atoms with Crippen LogP contribution in [0.2, 0.25) is 5.02 Å². The molecule has 0 bridgehead atoms. The number of imidazole rings is 1. The monoisotopic (exact) mass is 461 g/mol. The Morgan fingerprint density at radius 3 is 2.44 bits per heavy atom. The van der Waals surface area contributed by atoms with Gasteiger partial charge in [-0.25, -0.2) is 10.1 Å². The van der Waals surface area contributed by atoms with Crippen molar-refractivity contribution in [3.63, 3.8) is 0 Å². The zero-order valence-corrected chi connectivity index (χ0v) is 18.2. The highest BCUT2D eigenvalue weighted by molar-refractivity contribution is 7.15. The molecule has 32 heavy (non-hydrogen) atoms. The van der Waals surface area contributed by atoms with Crippen LogP contribution in [0.5, 0.6) is 0 Å². The summed E-state index contributed by atoms with van der Waals surface area (Å²) in [5.74, 6) is -0.124. The minimum atomic E-state index is -0.252. The molecule has 0 spiro atoms. The molecule has 0 atom stereocenters. The number of nitrogens with one attached hydrogen (secondary N) is 2. The number of thiazole rings is 1. The number of benzene rings is 2. The van der Waals surface area contributed by atoms with Crippen LogP contribution in [0.25, 0.3) is 27.5 Å². The number of aromatic nitrogens is 4. The Morgan fingerprint density at radius 2 is 1.72 bits per heavy atom. The Balaban J connectivity index is 1.29. The van der Waals surface area contributed by atoms with Crippen LogP contribution in [0.4, 0.5) is 5.69 Å². The fourth-order valence-electron chi connectivity index (χ4n) is 3.32. The van der Waals surface area contributed by atoms with Crippen molar-refractivity contribution in [1.82, 2.24) is 19.6 Å². The number of hydrogen-bond donors (Lipinski definition) is 2. The normalized spacial score (nSPS) is 11.0. The molecule has 5 aromatic rings. The number of nitrogens with zero attached hydrogens (tertiary/aromatic N) is 3. The van der Waals surface area contributed by atoms with E-state index in [-0.39, 0.29) is 17.9 Å². The van der Waals surface area contributed by atoms with Gasteiger partial charge in [0.2, 0.25) is 5.91 Å².